The number of hydrogen-bond acceptors (Lipinski definition) is 5. The Hall–Kier alpha value is -3.15. The molecule has 0 aliphatic carbocycles. The molecule has 202 valence electrons. The molecule has 2 aromatic carbocycles. The van der Waals surface area contributed by atoms with E-state index in [2.05, 4.69) is 6.92 Å². The van der Waals surface area contributed by atoms with Crippen molar-refractivity contribution in [2.45, 2.75) is 103 Å². The van der Waals surface area contributed by atoms with Crippen LogP contribution in [-0.4, -0.2) is 25.0 Å². The van der Waals surface area contributed by atoms with Crippen LogP contribution in [0.1, 0.15) is 96.8 Å². The summed E-state index contributed by atoms with van der Waals surface area (Å²) in [5.74, 6) is -0.980. The molecule has 0 radical (unpaired) electrons. The molecule has 0 amide bonds. The number of hydrogen-bond donors (Lipinski definition) is 4. The van der Waals surface area contributed by atoms with Crippen LogP contribution in [0.5, 0.6) is 23.0 Å². The Kier molecular flexibility index (Phi) is 11.2. The average Bonchev–Trinajstić information content (AvgIpc) is 2.88. The summed E-state index contributed by atoms with van der Waals surface area (Å²) in [7, 11) is 0. The highest BCUT2D eigenvalue weighted by atomic mass is 16.3. The van der Waals surface area contributed by atoms with E-state index in [1.807, 2.05) is 4.57 Å². The van der Waals surface area contributed by atoms with Crippen molar-refractivity contribution in [3.63, 3.8) is 0 Å². The van der Waals surface area contributed by atoms with Crippen molar-refractivity contribution >= 4 is 10.9 Å². The van der Waals surface area contributed by atoms with Gasteiger partial charge in [-0.05, 0) is 36.8 Å². The number of phenols is 3. The molecule has 0 aliphatic heterocycles. The molecule has 37 heavy (non-hydrogen) atoms. The smallest absolute Gasteiger partial charge is 0.231 e. The number of aromatic hydroxyl groups is 4. The minimum absolute atomic E-state index is 0.0341. The fraction of sp³-hybridized carbons (Fsp3) is 0.516. The zero-order chi connectivity index (χ0) is 26.6. The van der Waals surface area contributed by atoms with E-state index < -0.39 is 11.2 Å². The summed E-state index contributed by atoms with van der Waals surface area (Å²) in [4.78, 5) is 12.9. The van der Waals surface area contributed by atoms with Crippen LogP contribution in [0.3, 0.4) is 0 Å². The summed E-state index contributed by atoms with van der Waals surface area (Å²) in [5, 5.41) is 41.0. The van der Waals surface area contributed by atoms with E-state index in [1.165, 1.54) is 101 Å². The first kappa shape index (κ1) is 28.4. The molecule has 4 N–H and O–H groups in total. The van der Waals surface area contributed by atoms with Crippen LogP contribution in [-0.2, 0) is 6.54 Å². The fourth-order valence-corrected chi connectivity index (χ4v) is 5.08. The highest BCUT2D eigenvalue weighted by Crippen LogP contribution is 2.36. The number of pyridine rings is 1. The average molecular weight is 510 g/mol. The second-order valence-corrected chi connectivity index (χ2v) is 10.2. The number of nitrogens with zero attached hydrogens (tertiary/aromatic N) is 1. The minimum atomic E-state index is -0.533. The summed E-state index contributed by atoms with van der Waals surface area (Å²) in [5.41, 5.74) is 0.684. The molecular weight excluding hydrogens is 466 g/mol. The third-order valence-electron chi connectivity index (χ3n) is 7.21. The molecule has 6 heteroatoms. The Morgan fingerprint density at radius 1 is 0.649 bits per heavy atom. The monoisotopic (exact) mass is 509 g/mol. The van der Waals surface area contributed by atoms with Crippen molar-refractivity contribution in [1.82, 2.24) is 4.57 Å². The highest BCUT2D eigenvalue weighted by molar-refractivity contribution is 5.87. The largest absolute Gasteiger partial charge is 0.508 e. The van der Waals surface area contributed by atoms with E-state index in [0.29, 0.717) is 23.0 Å². The summed E-state index contributed by atoms with van der Waals surface area (Å²) in [6.07, 6.45) is 17.6. The number of phenolic OH excluding ortho intramolecular Hbond substituents is 3. The molecule has 1 heterocycles. The van der Waals surface area contributed by atoms with Gasteiger partial charge < -0.3 is 25.0 Å². The third-order valence-corrected chi connectivity index (χ3v) is 7.21. The maximum atomic E-state index is 12.9. The van der Waals surface area contributed by atoms with Crippen molar-refractivity contribution in [3.8, 4) is 34.3 Å². The fourth-order valence-electron chi connectivity index (χ4n) is 5.08. The van der Waals surface area contributed by atoms with Gasteiger partial charge in [0.15, 0.2) is 17.2 Å². The zero-order valence-electron chi connectivity index (χ0n) is 22.2. The first-order valence-electron chi connectivity index (χ1n) is 14.0. The predicted octanol–water partition coefficient (Wildman–Crippen LogP) is 7.97. The van der Waals surface area contributed by atoms with E-state index in [-0.39, 0.29) is 22.9 Å². The van der Waals surface area contributed by atoms with E-state index in [0.717, 1.165) is 19.3 Å². The quantitative estimate of drug-likeness (QED) is 0.116. The van der Waals surface area contributed by atoms with Gasteiger partial charge in [0, 0.05) is 23.6 Å². The Morgan fingerprint density at radius 2 is 1.22 bits per heavy atom. The Bertz CT molecular complexity index is 1200. The topological polar surface area (TPSA) is 103 Å². The van der Waals surface area contributed by atoms with Crippen molar-refractivity contribution in [2.24, 2.45) is 0 Å². The SMILES string of the molecule is CCCCCCCCCCCCCCCCn1c(-c2ccc(O)c(O)c2)c(O)c(=O)c2ccc(O)cc21. The number of rotatable bonds is 16. The number of aryl methyl sites for hydroxylation is 1. The second kappa shape index (κ2) is 14.6. The summed E-state index contributed by atoms with van der Waals surface area (Å²) >= 11 is 0. The Balaban J connectivity index is 1.57. The standard InChI is InChI=1S/C31H43NO5/c1-2-3-4-5-6-7-8-9-10-11-12-13-14-15-20-32-26-22-24(33)17-18-25(26)30(36)31(37)29(32)23-16-19-27(34)28(35)21-23/h16-19,21-22,33-35,37H,2-15,20H2,1H3. The van der Waals surface area contributed by atoms with Crippen molar-refractivity contribution < 1.29 is 20.4 Å². The molecule has 6 nitrogen and oxygen atoms in total. The van der Waals surface area contributed by atoms with Crippen LogP contribution >= 0.6 is 0 Å². The molecule has 3 rings (SSSR count). The van der Waals surface area contributed by atoms with Gasteiger partial charge in [0.25, 0.3) is 0 Å². The van der Waals surface area contributed by atoms with Crippen LogP contribution in [0.15, 0.2) is 41.2 Å². The number of aromatic nitrogens is 1. The van der Waals surface area contributed by atoms with Crippen LogP contribution in [0.4, 0.5) is 0 Å². The van der Waals surface area contributed by atoms with Crippen molar-refractivity contribution in [1.29, 1.82) is 0 Å². The lowest BCUT2D eigenvalue weighted by Crippen LogP contribution is -2.13. The third kappa shape index (κ3) is 7.91. The molecule has 0 fully saturated rings. The van der Waals surface area contributed by atoms with Crippen LogP contribution in [0.2, 0.25) is 0 Å². The van der Waals surface area contributed by atoms with Crippen LogP contribution in [0, 0.1) is 0 Å². The summed E-state index contributed by atoms with van der Waals surface area (Å²) < 4.78 is 1.83. The molecule has 0 aliphatic rings. The number of unbranched alkanes of at least 4 members (excludes halogenated alkanes) is 13. The van der Waals surface area contributed by atoms with Gasteiger partial charge in [0.1, 0.15) is 5.75 Å². The van der Waals surface area contributed by atoms with Gasteiger partial charge in [-0.15, -0.1) is 0 Å². The summed E-state index contributed by atoms with van der Waals surface area (Å²) in [6.45, 7) is 2.80. The number of benzene rings is 2. The van der Waals surface area contributed by atoms with E-state index in [1.54, 1.807) is 6.07 Å². The van der Waals surface area contributed by atoms with E-state index in [9.17, 15) is 25.2 Å². The molecule has 0 atom stereocenters. The lowest BCUT2D eigenvalue weighted by molar-refractivity contribution is 0.404. The molecule has 1 aromatic heterocycles. The molecule has 0 saturated carbocycles. The normalized spacial score (nSPS) is 11.4. The van der Waals surface area contributed by atoms with E-state index in [4.69, 9.17) is 0 Å². The summed E-state index contributed by atoms with van der Waals surface area (Å²) in [6, 6.07) is 8.71. The molecule has 0 unspecified atom stereocenters. The zero-order valence-corrected chi connectivity index (χ0v) is 22.2. The molecule has 3 aromatic rings. The highest BCUT2D eigenvalue weighted by Gasteiger charge is 2.19. The molecule has 0 bridgehead atoms. The lowest BCUT2D eigenvalue weighted by atomic mass is 10.0. The van der Waals surface area contributed by atoms with E-state index >= 15 is 0 Å². The molecular formula is C31H43NO5. The van der Waals surface area contributed by atoms with Crippen molar-refractivity contribution in [2.75, 3.05) is 0 Å². The van der Waals surface area contributed by atoms with Gasteiger partial charge in [-0.3, -0.25) is 4.79 Å². The Morgan fingerprint density at radius 3 is 1.78 bits per heavy atom. The second-order valence-electron chi connectivity index (χ2n) is 10.2. The molecule has 0 saturated heterocycles. The van der Waals surface area contributed by atoms with Crippen LogP contribution in [0.25, 0.3) is 22.2 Å². The van der Waals surface area contributed by atoms with Crippen molar-refractivity contribution in [3.05, 3.63) is 46.6 Å². The minimum Gasteiger partial charge on any atom is -0.508 e. The lowest BCUT2D eigenvalue weighted by Gasteiger charge is -2.19. The first-order chi connectivity index (χ1) is 17.9. The maximum Gasteiger partial charge on any atom is 0.231 e. The number of fused-ring (bicyclic) bond motifs is 1. The van der Waals surface area contributed by atoms with Gasteiger partial charge in [-0.1, -0.05) is 90.4 Å². The predicted molar refractivity (Wildman–Crippen MR) is 151 cm³/mol. The van der Waals surface area contributed by atoms with Gasteiger partial charge in [-0.25, -0.2) is 0 Å². The Labute approximate surface area is 220 Å². The maximum absolute atomic E-state index is 12.9. The van der Waals surface area contributed by atoms with Gasteiger partial charge >= 0.3 is 0 Å². The molecule has 0 spiro atoms. The van der Waals surface area contributed by atoms with Crippen LogP contribution < -0.4 is 5.43 Å². The van der Waals surface area contributed by atoms with Gasteiger partial charge in [0.2, 0.25) is 5.43 Å². The van der Waals surface area contributed by atoms with Gasteiger partial charge in [-0.2, -0.15) is 0 Å². The first-order valence-corrected chi connectivity index (χ1v) is 14.0. The van der Waals surface area contributed by atoms with Gasteiger partial charge in [0.05, 0.1) is 11.2 Å².